The molecule has 1 amide bonds. The van der Waals surface area contributed by atoms with Gasteiger partial charge in [-0.25, -0.2) is 9.78 Å². The Balaban J connectivity index is 1.82. The van der Waals surface area contributed by atoms with Gasteiger partial charge in [-0.1, -0.05) is 6.07 Å². The minimum absolute atomic E-state index is 0.0164. The zero-order chi connectivity index (χ0) is 17.4. The lowest BCUT2D eigenvalue weighted by Gasteiger charge is -2.09. The van der Waals surface area contributed by atoms with Gasteiger partial charge in [0.1, 0.15) is 11.3 Å². The van der Waals surface area contributed by atoms with Gasteiger partial charge in [-0.2, -0.15) is 0 Å². The van der Waals surface area contributed by atoms with Crippen LogP contribution in [0.2, 0.25) is 0 Å². The molecule has 0 aromatic carbocycles. The number of carbonyl (C=O) groups is 1. The average Bonchev–Trinajstić information content (AvgIpc) is 2.96. The highest BCUT2D eigenvalue weighted by molar-refractivity contribution is 5.92. The van der Waals surface area contributed by atoms with Gasteiger partial charge in [0.25, 0.3) is 11.5 Å². The molecule has 0 spiro atoms. The summed E-state index contributed by atoms with van der Waals surface area (Å²) in [6.07, 6.45) is 3.77. The van der Waals surface area contributed by atoms with Crippen molar-refractivity contribution in [1.29, 1.82) is 0 Å². The maximum Gasteiger partial charge on any atom is 0.331 e. The number of aromatic nitrogens is 4. The molecule has 0 fully saturated rings. The molecule has 8 nitrogen and oxygen atoms in total. The highest BCUT2D eigenvalue weighted by atomic mass is 16.2. The van der Waals surface area contributed by atoms with Gasteiger partial charge in [0.2, 0.25) is 0 Å². The van der Waals surface area contributed by atoms with Crippen LogP contribution in [0.25, 0.3) is 5.65 Å². The van der Waals surface area contributed by atoms with E-state index in [-0.39, 0.29) is 12.2 Å². The monoisotopic (exact) mass is 327 g/mol. The predicted molar refractivity (Wildman–Crippen MR) is 88.0 cm³/mol. The van der Waals surface area contributed by atoms with E-state index in [0.29, 0.717) is 5.69 Å². The Morgan fingerprint density at radius 3 is 2.67 bits per heavy atom. The molecule has 24 heavy (non-hydrogen) atoms. The first kappa shape index (κ1) is 15.7. The number of rotatable bonds is 3. The Morgan fingerprint density at radius 1 is 1.17 bits per heavy atom. The van der Waals surface area contributed by atoms with E-state index in [4.69, 9.17) is 0 Å². The predicted octanol–water partition coefficient (Wildman–Crippen LogP) is -0.0299. The lowest BCUT2D eigenvalue weighted by Crippen LogP contribution is -2.41. The Hall–Kier alpha value is -3.16. The molecule has 0 saturated carbocycles. The molecule has 0 aliphatic heterocycles. The smallest absolute Gasteiger partial charge is 0.331 e. The average molecular weight is 327 g/mol. The molecule has 3 heterocycles. The standard InChI is InChI=1S/C16H17N5O3/c1-10-4-5-13-18-11(9-21(13)8-10)7-17-15(23)12-6-14(22)20(3)16(24)19(12)2/h4-6,8-9H,7H2,1-3H3,(H,17,23). The molecule has 0 saturated heterocycles. The number of nitrogens with one attached hydrogen (secondary N) is 1. The van der Waals surface area contributed by atoms with E-state index < -0.39 is 17.2 Å². The minimum atomic E-state index is -0.546. The summed E-state index contributed by atoms with van der Waals surface area (Å²) in [7, 11) is 2.81. The molecule has 124 valence electrons. The fourth-order valence-electron chi connectivity index (χ4n) is 2.45. The summed E-state index contributed by atoms with van der Waals surface area (Å²) < 4.78 is 3.97. The van der Waals surface area contributed by atoms with Crippen molar-refractivity contribution in [3.05, 3.63) is 68.4 Å². The number of hydrogen-bond donors (Lipinski definition) is 1. The van der Waals surface area contributed by atoms with Crippen molar-refractivity contribution in [1.82, 2.24) is 23.8 Å². The molecule has 3 rings (SSSR count). The molecule has 0 unspecified atom stereocenters. The zero-order valence-corrected chi connectivity index (χ0v) is 13.6. The summed E-state index contributed by atoms with van der Waals surface area (Å²) in [5.74, 6) is -0.500. The molecule has 0 radical (unpaired) electrons. The third kappa shape index (κ3) is 2.73. The number of nitrogens with zero attached hydrogens (tertiary/aromatic N) is 4. The molecule has 0 bridgehead atoms. The second-order valence-corrected chi connectivity index (χ2v) is 5.66. The number of carbonyl (C=O) groups excluding carboxylic acids is 1. The van der Waals surface area contributed by atoms with Gasteiger partial charge in [0.15, 0.2) is 0 Å². The maximum atomic E-state index is 12.3. The molecule has 3 aromatic rings. The Kier molecular flexibility index (Phi) is 3.80. The molecule has 0 aliphatic carbocycles. The van der Waals surface area contributed by atoms with Crippen LogP contribution in [0.5, 0.6) is 0 Å². The number of amides is 1. The van der Waals surface area contributed by atoms with Gasteiger partial charge in [0.05, 0.1) is 12.2 Å². The molecule has 0 aliphatic rings. The van der Waals surface area contributed by atoms with Gasteiger partial charge in [0, 0.05) is 32.6 Å². The molecule has 3 aromatic heterocycles. The topological polar surface area (TPSA) is 90.4 Å². The summed E-state index contributed by atoms with van der Waals surface area (Å²) in [6.45, 7) is 2.18. The summed E-state index contributed by atoms with van der Waals surface area (Å²) in [4.78, 5) is 40.2. The van der Waals surface area contributed by atoms with E-state index >= 15 is 0 Å². The first-order valence-corrected chi connectivity index (χ1v) is 7.36. The van der Waals surface area contributed by atoms with E-state index in [9.17, 15) is 14.4 Å². The quantitative estimate of drug-likeness (QED) is 0.731. The van der Waals surface area contributed by atoms with E-state index in [0.717, 1.165) is 26.4 Å². The van der Waals surface area contributed by atoms with Crippen molar-refractivity contribution in [3.63, 3.8) is 0 Å². The van der Waals surface area contributed by atoms with Crippen molar-refractivity contribution in [2.24, 2.45) is 14.1 Å². The lowest BCUT2D eigenvalue weighted by molar-refractivity contribution is 0.0940. The summed E-state index contributed by atoms with van der Waals surface area (Å²) in [5.41, 5.74) is 1.52. The van der Waals surface area contributed by atoms with Crippen LogP contribution in [0, 0.1) is 6.92 Å². The third-order valence-electron chi connectivity index (χ3n) is 3.84. The third-order valence-corrected chi connectivity index (χ3v) is 3.84. The number of hydrogen-bond acceptors (Lipinski definition) is 4. The number of pyridine rings is 1. The van der Waals surface area contributed by atoms with Crippen molar-refractivity contribution in [3.8, 4) is 0 Å². The van der Waals surface area contributed by atoms with Crippen molar-refractivity contribution < 1.29 is 4.79 Å². The van der Waals surface area contributed by atoms with Crippen molar-refractivity contribution in [2.75, 3.05) is 0 Å². The van der Waals surface area contributed by atoms with Gasteiger partial charge >= 0.3 is 5.69 Å². The summed E-state index contributed by atoms with van der Waals surface area (Å²) in [6, 6.07) is 5.00. The molecule has 0 atom stereocenters. The Bertz CT molecular complexity index is 1060. The number of aryl methyl sites for hydroxylation is 1. The van der Waals surface area contributed by atoms with Crippen LogP contribution in [-0.4, -0.2) is 24.4 Å². The Labute approximate surface area is 137 Å². The second kappa shape index (κ2) is 5.80. The van der Waals surface area contributed by atoms with E-state index in [2.05, 4.69) is 10.3 Å². The van der Waals surface area contributed by atoms with Crippen LogP contribution in [0.1, 0.15) is 21.7 Å². The summed E-state index contributed by atoms with van der Waals surface area (Å²) in [5, 5.41) is 2.68. The molecular formula is C16H17N5O3. The minimum Gasteiger partial charge on any atom is -0.345 e. The van der Waals surface area contributed by atoms with Gasteiger partial charge in [-0.15, -0.1) is 0 Å². The van der Waals surface area contributed by atoms with Crippen LogP contribution < -0.4 is 16.6 Å². The normalized spacial score (nSPS) is 11.0. The van der Waals surface area contributed by atoms with E-state index in [1.807, 2.05) is 35.9 Å². The second-order valence-electron chi connectivity index (χ2n) is 5.66. The fraction of sp³-hybridized carbons (Fsp3) is 0.250. The highest BCUT2D eigenvalue weighted by Gasteiger charge is 2.14. The first-order chi connectivity index (χ1) is 11.4. The SMILES string of the molecule is Cc1ccc2nc(CNC(=O)c3cc(=O)n(C)c(=O)n3C)cn2c1. The highest BCUT2D eigenvalue weighted by Crippen LogP contribution is 2.07. The van der Waals surface area contributed by atoms with Crippen LogP contribution >= 0.6 is 0 Å². The number of fused-ring (bicyclic) bond motifs is 1. The number of imidazole rings is 1. The van der Waals surface area contributed by atoms with Crippen LogP contribution in [0.15, 0.2) is 40.2 Å². The van der Waals surface area contributed by atoms with E-state index in [1.165, 1.54) is 14.1 Å². The van der Waals surface area contributed by atoms with Gasteiger partial charge in [-0.05, 0) is 18.6 Å². The summed E-state index contributed by atoms with van der Waals surface area (Å²) >= 11 is 0. The van der Waals surface area contributed by atoms with Crippen LogP contribution in [-0.2, 0) is 20.6 Å². The molecular weight excluding hydrogens is 310 g/mol. The maximum absolute atomic E-state index is 12.3. The van der Waals surface area contributed by atoms with E-state index in [1.54, 1.807) is 0 Å². The fourth-order valence-corrected chi connectivity index (χ4v) is 2.45. The van der Waals surface area contributed by atoms with Crippen molar-refractivity contribution >= 4 is 11.6 Å². The van der Waals surface area contributed by atoms with Gasteiger partial charge in [-0.3, -0.25) is 18.7 Å². The van der Waals surface area contributed by atoms with Crippen LogP contribution in [0.3, 0.4) is 0 Å². The van der Waals surface area contributed by atoms with Gasteiger partial charge < -0.3 is 9.72 Å². The zero-order valence-electron chi connectivity index (χ0n) is 13.6. The van der Waals surface area contributed by atoms with Crippen LogP contribution in [0.4, 0.5) is 0 Å². The Morgan fingerprint density at radius 2 is 1.92 bits per heavy atom. The molecule has 8 heteroatoms. The largest absolute Gasteiger partial charge is 0.345 e. The van der Waals surface area contributed by atoms with Crippen molar-refractivity contribution in [2.45, 2.75) is 13.5 Å². The first-order valence-electron chi connectivity index (χ1n) is 7.36. The molecule has 1 N–H and O–H groups in total. The lowest BCUT2D eigenvalue weighted by atomic mass is 10.3.